The van der Waals surface area contributed by atoms with E-state index in [0.717, 1.165) is 38.5 Å². The molecule has 0 unspecified atom stereocenters. The molecule has 0 aliphatic rings. The van der Waals surface area contributed by atoms with Crippen LogP contribution in [0.4, 0.5) is 0 Å². The van der Waals surface area contributed by atoms with E-state index >= 15 is 0 Å². The number of nitrogens with one attached hydrogen (secondary N) is 1. The highest BCUT2D eigenvalue weighted by Crippen LogP contribution is 1.97. The zero-order valence-electron chi connectivity index (χ0n) is 11.1. The van der Waals surface area contributed by atoms with Gasteiger partial charge in [0, 0.05) is 39.5 Å². The number of ether oxygens (including phenoxy) is 1. The van der Waals surface area contributed by atoms with Crippen molar-refractivity contribution < 1.29 is 4.74 Å². The molecule has 1 aromatic heterocycles. The van der Waals surface area contributed by atoms with E-state index in [4.69, 9.17) is 4.74 Å². The molecule has 17 heavy (non-hydrogen) atoms. The zero-order valence-corrected chi connectivity index (χ0v) is 11.1. The molecule has 0 aliphatic heterocycles. The average molecular weight is 237 g/mol. The van der Waals surface area contributed by atoms with E-state index in [2.05, 4.69) is 41.3 Å². The van der Waals surface area contributed by atoms with Crippen molar-refractivity contribution in [2.24, 2.45) is 0 Å². The summed E-state index contributed by atoms with van der Waals surface area (Å²) in [5.41, 5.74) is 2.29. The summed E-state index contributed by atoms with van der Waals surface area (Å²) in [5.74, 6) is 0. The summed E-state index contributed by atoms with van der Waals surface area (Å²) in [6.45, 7) is 6.63. The van der Waals surface area contributed by atoms with Crippen LogP contribution in [0.1, 0.15) is 11.3 Å². The molecule has 1 N–H and O–H groups in total. The lowest BCUT2D eigenvalue weighted by atomic mass is 10.3. The quantitative estimate of drug-likeness (QED) is 0.686. The average Bonchev–Trinajstić information content (AvgIpc) is 2.34. The van der Waals surface area contributed by atoms with Gasteiger partial charge in [-0.25, -0.2) is 0 Å². The molecule has 0 aromatic carbocycles. The molecule has 0 amide bonds. The molecule has 1 heterocycles. The number of likely N-dealkylation sites (N-methyl/N-ethyl adjacent to an activating group) is 1. The summed E-state index contributed by atoms with van der Waals surface area (Å²) in [4.78, 5) is 6.60. The lowest BCUT2D eigenvalue weighted by molar-refractivity contribution is 0.161. The fourth-order valence-corrected chi connectivity index (χ4v) is 1.45. The van der Waals surface area contributed by atoms with Crippen molar-refractivity contribution >= 4 is 0 Å². The van der Waals surface area contributed by atoms with Crippen LogP contribution in [-0.4, -0.2) is 50.3 Å². The minimum Gasteiger partial charge on any atom is -0.383 e. The predicted molar refractivity (Wildman–Crippen MR) is 70.1 cm³/mol. The Hall–Kier alpha value is -0.970. The molecule has 4 heteroatoms. The van der Waals surface area contributed by atoms with Crippen molar-refractivity contribution in [3.63, 3.8) is 0 Å². The summed E-state index contributed by atoms with van der Waals surface area (Å²) in [6.07, 6.45) is 1.90. The molecule has 1 aromatic rings. The van der Waals surface area contributed by atoms with E-state index in [9.17, 15) is 0 Å². The van der Waals surface area contributed by atoms with Crippen molar-refractivity contribution in [1.82, 2.24) is 15.2 Å². The maximum atomic E-state index is 5.03. The first-order valence-electron chi connectivity index (χ1n) is 6.02. The summed E-state index contributed by atoms with van der Waals surface area (Å²) in [6, 6.07) is 4.16. The number of nitrogens with zero attached hydrogens (tertiary/aromatic N) is 2. The van der Waals surface area contributed by atoms with E-state index in [0.29, 0.717) is 0 Å². The Morgan fingerprint density at radius 1 is 1.35 bits per heavy atom. The number of aromatic nitrogens is 1. The van der Waals surface area contributed by atoms with Crippen LogP contribution < -0.4 is 5.32 Å². The van der Waals surface area contributed by atoms with Gasteiger partial charge >= 0.3 is 0 Å². The molecule has 0 aliphatic carbocycles. The SMILES string of the molecule is COCCN(C)CCNCc1ccc(C)cn1. The predicted octanol–water partition coefficient (Wildman–Crippen LogP) is 1.06. The molecular weight excluding hydrogens is 214 g/mol. The monoisotopic (exact) mass is 237 g/mol. The van der Waals surface area contributed by atoms with Crippen LogP contribution in [-0.2, 0) is 11.3 Å². The van der Waals surface area contributed by atoms with Gasteiger partial charge in [0.15, 0.2) is 0 Å². The van der Waals surface area contributed by atoms with E-state index in [1.54, 1.807) is 7.11 Å². The second-order valence-corrected chi connectivity index (χ2v) is 4.30. The third kappa shape index (κ3) is 6.36. The van der Waals surface area contributed by atoms with Crippen molar-refractivity contribution in [2.45, 2.75) is 13.5 Å². The molecule has 0 bridgehead atoms. The van der Waals surface area contributed by atoms with E-state index in [-0.39, 0.29) is 0 Å². The summed E-state index contributed by atoms with van der Waals surface area (Å²) in [7, 11) is 3.83. The Morgan fingerprint density at radius 2 is 2.18 bits per heavy atom. The molecule has 0 fully saturated rings. The molecule has 0 atom stereocenters. The van der Waals surface area contributed by atoms with Crippen LogP contribution in [0.2, 0.25) is 0 Å². The maximum absolute atomic E-state index is 5.03. The molecule has 1 rings (SSSR count). The highest BCUT2D eigenvalue weighted by molar-refractivity contribution is 5.11. The van der Waals surface area contributed by atoms with Gasteiger partial charge in [-0.3, -0.25) is 4.98 Å². The number of aryl methyl sites for hydroxylation is 1. The van der Waals surface area contributed by atoms with Crippen LogP contribution in [0.15, 0.2) is 18.3 Å². The lowest BCUT2D eigenvalue weighted by Gasteiger charge is -2.16. The summed E-state index contributed by atoms with van der Waals surface area (Å²) >= 11 is 0. The first kappa shape index (κ1) is 14.1. The Balaban J connectivity index is 2.09. The van der Waals surface area contributed by atoms with E-state index in [1.807, 2.05) is 6.20 Å². The molecule has 0 radical (unpaired) electrons. The minimum atomic E-state index is 0.788. The Labute approximate surface area is 104 Å². The second-order valence-electron chi connectivity index (χ2n) is 4.30. The lowest BCUT2D eigenvalue weighted by Crippen LogP contribution is -2.31. The van der Waals surface area contributed by atoms with Crippen molar-refractivity contribution in [1.29, 1.82) is 0 Å². The summed E-state index contributed by atoms with van der Waals surface area (Å²) < 4.78 is 5.03. The molecule has 0 saturated heterocycles. The van der Waals surface area contributed by atoms with Gasteiger partial charge in [-0.1, -0.05) is 6.07 Å². The van der Waals surface area contributed by atoms with Gasteiger partial charge in [-0.05, 0) is 25.6 Å². The van der Waals surface area contributed by atoms with Crippen LogP contribution in [0, 0.1) is 6.92 Å². The van der Waals surface area contributed by atoms with Gasteiger partial charge in [-0.15, -0.1) is 0 Å². The number of hydrogen-bond acceptors (Lipinski definition) is 4. The van der Waals surface area contributed by atoms with Gasteiger partial charge in [-0.2, -0.15) is 0 Å². The molecule has 96 valence electrons. The smallest absolute Gasteiger partial charge is 0.0589 e. The second kappa shape index (κ2) is 8.17. The third-order valence-electron chi connectivity index (χ3n) is 2.63. The fraction of sp³-hybridized carbons (Fsp3) is 0.615. The highest BCUT2D eigenvalue weighted by Gasteiger charge is 1.98. The first-order valence-corrected chi connectivity index (χ1v) is 6.02. The van der Waals surface area contributed by atoms with E-state index < -0.39 is 0 Å². The molecular formula is C13H23N3O. The number of pyridine rings is 1. The molecule has 4 nitrogen and oxygen atoms in total. The minimum absolute atomic E-state index is 0.788. The van der Waals surface area contributed by atoms with Crippen molar-refractivity contribution in [2.75, 3.05) is 40.4 Å². The van der Waals surface area contributed by atoms with Gasteiger partial charge < -0.3 is 15.0 Å². The third-order valence-corrected chi connectivity index (χ3v) is 2.63. The van der Waals surface area contributed by atoms with Gasteiger partial charge in [0.2, 0.25) is 0 Å². The van der Waals surface area contributed by atoms with Gasteiger partial charge in [0.25, 0.3) is 0 Å². The van der Waals surface area contributed by atoms with Crippen molar-refractivity contribution in [3.05, 3.63) is 29.6 Å². The Kier molecular flexibility index (Phi) is 6.77. The van der Waals surface area contributed by atoms with Crippen LogP contribution in [0.5, 0.6) is 0 Å². The normalized spacial score (nSPS) is 11.1. The first-order chi connectivity index (χ1) is 8.22. The topological polar surface area (TPSA) is 37.4 Å². The summed E-state index contributed by atoms with van der Waals surface area (Å²) in [5, 5.41) is 3.38. The van der Waals surface area contributed by atoms with Crippen LogP contribution in [0.3, 0.4) is 0 Å². The fourth-order valence-electron chi connectivity index (χ4n) is 1.45. The number of rotatable bonds is 8. The maximum Gasteiger partial charge on any atom is 0.0589 e. The highest BCUT2D eigenvalue weighted by atomic mass is 16.5. The van der Waals surface area contributed by atoms with Crippen LogP contribution in [0.25, 0.3) is 0 Å². The Bertz CT molecular complexity index is 300. The standard InChI is InChI=1S/C13H23N3O/c1-12-4-5-13(15-10-12)11-14-6-7-16(2)8-9-17-3/h4-5,10,14H,6-9,11H2,1-3H3. The van der Waals surface area contributed by atoms with Crippen LogP contribution >= 0.6 is 0 Å². The van der Waals surface area contributed by atoms with Crippen molar-refractivity contribution in [3.8, 4) is 0 Å². The molecule has 0 spiro atoms. The largest absolute Gasteiger partial charge is 0.383 e. The van der Waals surface area contributed by atoms with E-state index in [1.165, 1.54) is 5.56 Å². The van der Waals surface area contributed by atoms with Gasteiger partial charge in [0.1, 0.15) is 0 Å². The number of hydrogen-bond donors (Lipinski definition) is 1. The number of methoxy groups -OCH3 is 1. The zero-order chi connectivity index (χ0) is 12.5. The van der Waals surface area contributed by atoms with Gasteiger partial charge in [0.05, 0.1) is 12.3 Å². The Morgan fingerprint density at radius 3 is 2.82 bits per heavy atom. The molecule has 0 saturated carbocycles.